The third-order valence-corrected chi connectivity index (χ3v) is 6.94. The number of amides is 1. The summed E-state index contributed by atoms with van der Waals surface area (Å²) in [6.45, 7) is 3.03. The van der Waals surface area contributed by atoms with E-state index in [1.807, 2.05) is 0 Å². The SMILES string of the molecule is Cc1nc(S(C)(=O)=O)cnc1OC1CCC(OC2CCN(C(=O)O[C@H](C)C(F)(F)F)CC2)CC1. The summed E-state index contributed by atoms with van der Waals surface area (Å²) in [6, 6.07) is 0. The minimum atomic E-state index is -4.58. The molecular formula is C21H30F3N3O6S. The lowest BCUT2D eigenvalue weighted by Crippen LogP contribution is -2.44. The van der Waals surface area contributed by atoms with Gasteiger partial charge in [-0.25, -0.2) is 23.2 Å². The normalized spacial score (nSPS) is 23.4. The fourth-order valence-electron chi connectivity index (χ4n) is 3.93. The Labute approximate surface area is 196 Å². The number of halogens is 3. The van der Waals surface area contributed by atoms with Crippen molar-refractivity contribution in [1.29, 1.82) is 0 Å². The van der Waals surface area contributed by atoms with E-state index in [2.05, 4.69) is 14.7 Å². The summed E-state index contributed by atoms with van der Waals surface area (Å²) >= 11 is 0. The highest BCUT2D eigenvalue weighted by Gasteiger charge is 2.40. The third kappa shape index (κ3) is 7.17. The van der Waals surface area contributed by atoms with Crippen molar-refractivity contribution in [3.8, 4) is 5.88 Å². The maximum Gasteiger partial charge on any atom is 0.425 e. The van der Waals surface area contributed by atoms with Crippen LogP contribution in [0.1, 0.15) is 51.1 Å². The molecule has 0 aromatic carbocycles. The van der Waals surface area contributed by atoms with Gasteiger partial charge in [0.15, 0.2) is 21.0 Å². The lowest BCUT2D eigenvalue weighted by Gasteiger charge is -2.36. The van der Waals surface area contributed by atoms with Gasteiger partial charge in [0, 0.05) is 19.3 Å². The van der Waals surface area contributed by atoms with E-state index < -0.39 is 28.2 Å². The van der Waals surface area contributed by atoms with Crippen molar-refractivity contribution in [1.82, 2.24) is 14.9 Å². The molecular weight excluding hydrogens is 479 g/mol. The number of piperidine rings is 1. The van der Waals surface area contributed by atoms with Crippen LogP contribution in [-0.4, -0.2) is 79.3 Å². The Bertz CT molecular complexity index is 959. The standard InChI is InChI=1S/C21H30F3N3O6S/c1-13-19(25-12-18(26-13)34(3,29)30)33-16-6-4-15(5-7-16)32-17-8-10-27(11-9-17)20(28)31-14(2)21(22,23)24/h12,14-17H,4-11H2,1-3H3/t14-,15?,16?/m1/s1. The molecule has 34 heavy (non-hydrogen) atoms. The first-order valence-electron chi connectivity index (χ1n) is 11.2. The highest BCUT2D eigenvalue weighted by molar-refractivity contribution is 7.90. The summed E-state index contributed by atoms with van der Waals surface area (Å²) in [5.41, 5.74) is 0.413. The summed E-state index contributed by atoms with van der Waals surface area (Å²) in [4.78, 5) is 21.4. The number of aryl methyl sites for hydroxylation is 1. The van der Waals surface area contributed by atoms with Gasteiger partial charge in [0.05, 0.1) is 18.4 Å². The van der Waals surface area contributed by atoms with E-state index in [1.165, 1.54) is 11.1 Å². The van der Waals surface area contributed by atoms with Crippen LogP contribution < -0.4 is 4.74 Å². The number of hydrogen-bond donors (Lipinski definition) is 0. The number of carbonyl (C=O) groups excluding carboxylic acids is 1. The van der Waals surface area contributed by atoms with Gasteiger partial charge in [0.2, 0.25) is 5.88 Å². The van der Waals surface area contributed by atoms with Crippen LogP contribution in [0.2, 0.25) is 0 Å². The molecule has 1 saturated carbocycles. The van der Waals surface area contributed by atoms with Crippen LogP contribution in [0.4, 0.5) is 18.0 Å². The molecule has 1 aliphatic carbocycles. The quantitative estimate of drug-likeness (QED) is 0.574. The minimum Gasteiger partial charge on any atom is -0.473 e. The molecule has 0 radical (unpaired) electrons. The monoisotopic (exact) mass is 509 g/mol. The second-order valence-corrected chi connectivity index (χ2v) is 10.7. The van der Waals surface area contributed by atoms with Crippen LogP contribution in [0, 0.1) is 6.92 Å². The number of nitrogens with zero attached hydrogens (tertiary/aromatic N) is 3. The Morgan fingerprint density at radius 2 is 1.65 bits per heavy atom. The highest BCUT2D eigenvalue weighted by atomic mass is 32.2. The van der Waals surface area contributed by atoms with Gasteiger partial charge in [-0.05, 0) is 52.4 Å². The molecule has 1 aliphatic heterocycles. The molecule has 0 spiro atoms. The molecule has 2 heterocycles. The van der Waals surface area contributed by atoms with Crippen LogP contribution in [0.15, 0.2) is 11.2 Å². The number of rotatable bonds is 6. The number of sulfone groups is 1. The van der Waals surface area contributed by atoms with Gasteiger partial charge >= 0.3 is 12.3 Å². The predicted molar refractivity (Wildman–Crippen MR) is 114 cm³/mol. The highest BCUT2D eigenvalue weighted by Crippen LogP contribution is 2.29. The Morgan fingerprint density at radius 3 is 2.18 bits per heavy atom. The van der Waals surface area contributed by atoms with Crippen LogP contribution in [0.3, 0.4) is 0 Å². The Balaban J connectivity index is 1.40. The van der Waals surface area contributed by atoms with Gasteiger partial charge in [-0.1, -0.05) is 0 Å². The molecule has 1 atom stereocenters. The molecule has 1 aromatic rings. The number of alkyl halides is 3. The van der Waals surface area contributed by atoms with Crippen molar-refractivity contribution in [2.24, 2.45) is 0 Å². The fraction of sp³-hybridized carbons (Fsp3) is 0.762. The second kappa shape index (κ2) is 10.6. The Hall–Kier alpha value is -2.15. The molecule has 1 aromatic heterocycles. The zero-order chi connectivity index (χ0) is 25.1. The van der Waals surface area contributed by atoms with Gasteiger partial charge in [-0.3, -0.25) is 0 Å². The predicted octanol–water partition coefficient (Wildman–Crippen LogP) is 3.45. The van der Waals surface area contributed by atoms with Crippen LogP contribution in [-0.2, 0) is 19.3 Å². The fourth-order valence-corrected chi connectivity index (χ4v) is 4.47. The first-order chi connectivity index (χ1) is 15.8. The van der Waals surface area contributed by atoms with Gasteiger partial charge in [-0.15, -0.1) is 0 Å². The molecule has 3 rings (SSSR count). The zero-order valence-corrected chi connectivity index (χ0v) is 20.2. The maximum atomic E-state index is 12.6. The molecule has 1 saturated heterocycles. The summed E-state index contributed by atoms with van der Waals surface area (Å²) in [5.74, 6) is 0.316. The molecule has 0 N–H and O–H groups in total. The van der Waals surface area contributed by atoms with E-state index in [1.54, 1.807) is 6.92 Å². The third-order valence-electron chi connectivity index (χ3n) is 5.98. The molecule has 2 fully saturated rings. The van der Waals surface area contributed by atoms with Crippen molar-refractivity contribution in [3.63, 3.8) is 0 Å². The number of aromatic nitrogens is 2. The maximum absolute atomic E-state index is 12.6. The largest absolute Gasteiger partial charge is 0.473 e. The van der Waals surface area contributed by atoms with E-state index in [-0.39, 0.29) is 36.4 Å². The minimum absolute atomic E-state index is 0.0356. The number of likely N-dealkylation sites (tertiary alicyclic amines) is 1. The van der Waals surface area contributed by atoms with Crippen LogP contribution in [0.5, 0.6) is 5.88 Å². The summed E-state index contributed by atoms with van der Waals surface area (Å²) in [6.07, 6.45) is -1.44. The van der Waals surface area contributed by atoms with E-state index in [0.29, 0.717) is 24.4 Å². The van der Waals surface area contributed by atoms with Gasteiger partial charge in [-0.2, -0.15) is 13.2 Å². The molecule has 9 nitrogen and oxygen atoms in total. The molecule has 0 unspecified atom stereocenters. The number of carbonyl (C=O) groups is 1. The average molecular weight is 510 g/mol. The van der Waals surface area contributed by atoms with Gasteiger partial charge < -0.3 is 19.1 Å². The van der Waals surface area contributed by atoms with E-state index >= 15 is 0 Å². The topological polar surface area (TPSA) is 108 Å². The summed E-state index contributed by atoms with van der Waals surface area (Å²) in [5, 5.41) is -0.0939. The Kier molecular flexibility index (Phi) is 8.27. The summed E-state index contributed by atoms with van der Waals surface area (Å²) < 4.78 is 77.5. The van der Waals surface area contributed by atoms with Crippen LogP contribution in [0.25, 0.3) is 0 Å². The van der Waals surface area contributed by atoms with Crippen molar-refractivity contribution >= 4 is 15.9 Å². The van der Waals surface area contributed by atoms with Gasteiger partial charge in [0.25, 0.3) is 0 Å². The van der Waals surface area contributed by atoms with Gasteiger partial charge in [0.1, 0.15) is 11.8 Å². The zero-order valence-electron chi connectivity index (χ0n) is 19.4. The molecule has 13 heteroatoms. The van der Waals surface area contributed by atoms with Crippen molar-refractivity contribution in [3.05, 3.63) is 11.9 Å². The Morgan fingerprint density at radius 1 is 1.09 bits per heavy atom. The smallest absolute Gasteiger partial charge is 0.425 e. The molecule has 1 amide bonds. The van der Waals surface area contributed by atoms with E-state index in [9.17, 15) is 26.4 Å². The number of ether oxygens (including phenoxy) is 3. The average Bonchev–Trinajstić information content (AvgIpc) is 2.75. The lowest BCUT2D eigenvalue weighted by molar-refractivity contribution is -0.200. The number of hydrogen-bond acceptors (Lipinski definition) is 8. The lowest BCUT2D eigenvalue weighted by atomic mass is 9.94. The summed E-state index contributed by atoms with van der Waals surface area (Å²) in [7, 11) is -3.44. The molecule has 192 valence electrons. The molecule has 0 bridgehead atoms. The molecule has 2 aliphatic rings. The van der Waals surface area contributed by atoms with E-state index in [0.717, 1.165) is 38.9 Å². The van der Waals surface area contributed by atoms with Crippen LogP contribution >= 0.6 is 0 Å². The van der Waals surface area contributed by atoms with Crippen molar-refractivity contribution in [2.75, 3.05) is 19.3 Å². The second-order valence-electron chi connectivity index (χ2n) is 8.78. The first-order valence-corrected chi connectivity index (χ1v) is 13.1. The van der Waals surface area contributed by atoms with Crippen molar-refractivity contribution < 1.29 is 40.6 Å². The van der Waals surface area contributed by atoms with E-state index in [4.69, 9.17) is 9.47 Å². The first kappa shape index (κ1) is 26.5. The van der Waals surface area contributed by atoms with Crippen molar-refractivity contribution in [2.45, 2.75) is 88.0 Å².